The molecule has 33 heavy (non-hydrogen) atoms. The van der Waals surface area contributed by atoms with Gasteiger partial charge in [-0.3, -0.25) is 19.6 Å². The molecule has 1 aromatic rings. The van der Waals surface area contributed by atoms with E-state index in [0.29, 0.717) is 12.5 Å². The van der Waals surface area contributed by atoms with Gasteiger partial charge in [0.1, 0.15) is 0 Å². The average Bonchev–Trinajstić information content (AvgIpc) is 2.83. The number of aliphatic imine (C=N–C) groups is 1. The van der Waals surface area contributed by atoms with Crippen LogP contribution in [0.5, 0.6) is 0 Å². The highest BCUT2D eigenvalue weighted by Crippen LogP contribution is 2.30. The number of allylic oxidation sites excluding steroid dienone is 2. The van der Waals surface area contributed by atoms with Crippen LogP contribution in [-0.4, -0.2) is 68.7 Å². The van der Waals surface area contributed by atoms with Crippen LogP contribution in [0.1, 0.15) is 48.3 Å². The number of benzene rings is 1. The van der Waals surface area contributed by atoms with Crippen LogP contribution in [0.25, 0.3) is 6.08 Å². The van der Waals surface area contributed by atoms with Gasteiger partial charge in [-0.1, -0.05) is 36.9 Å². The van der Waals surface area contributed by atoms with Gasteiger partial charge in [-0.2, -0.15) is 0 Å². The zero-order valence-corrected chi connectivity index (χ0v) is 20.6. The van der Waals surface area contributed by atoms with E-state index in [0.717, 1.165) is 56.6 Å². The minimum Gasteiger partial charge on any atom is -0.401 e. The minimum absolute atomic E-state index is 0.0431. The van der Waals surface area contributed by atoms with Crippen molar-refractivity contribution in [2.75, 3.05) is 40.8 Å². The van der Waals surface area contributed by atoms with Crippen molar-refractivity contribution in [1.82, 2.24) is 15.1 Å². The van der Waals surface area contributed by atoms with Gasteiger partial charge in [0.25, 0.3) is 0 Å². The van der Waals surface area contributed by atoms with Gasteiger partial charge in [-0.05, 0) is 74.5 Å². The highest BCUT2D eigenvalue weighted by Gasteiger charge is 2.24. The summed E-state index contributed by atoms with van der Waals surface area (Å²) in [7, 11) is 5.46. The Labute approximate surface area is 199 Å². The van der Waals surface area contributed by atoms with Gasteiger partial charge < -0.3 is 11.1 Å². The van der Waals surface area contributed by atoms with E-state index in [1.165, 1.54) is 11.1 Å². The molecule has 6 nitrogen and oxygen atoms in total. The molecule has 1 unspecified atom stereocenters. The maximum Gasteiger partial charge on any atom is 0.237 e. The molecule has 180 valence electrons. The fourth-order valence-electron chi connectivity index (χ4n) is 4.49. The Balaban J connectivity index is 2.09. The van der Waals surface area contributed by atoms with Gasteiger partial charge in [0.05, 0.1) is 6.04 Å². The first-order valence-corrected chi connectivity index (χ1v) is 11.8. The summed E-state index contributed by atoms with van der Waals surface area (Å²) in [5.41, 5.74) is 10.7. The van der Waals surface area contributed by atoms with Crippen molar-refractivity contribution >= 4 is 18.2 Å². The first-order chi connectivity index (χ1) is 15.9. The lowest BCUT2D eigenvalue weighted by atomic mass is 9.87. The first kappa shape index (κ1) is 26.6. The molecule has 0 aromatic heterocycles. The summed E-state index contributed by atoms with van der Waals surface area (Å²) < 4.78 is 0. The number of nitrogens with one attached hydrogen (secondary N) is 1. The van der Waals surface area contributed by atoms with E-state index in [9.17, 15) is 4.79 Å². The molecule has 0 spiro atoms. The number of likely N-dealkylation sites (N-methyl/N-ethyl adjacent to an activating group) is 2. The second kappa shape index (κ2) is 13.8. The van der Waals surface area contributed by atoms with Crippen molar-refractivity contribution in [3.8, 4) is 0 Å². The molecule has 1 saturated heterocycles. The predicted octanol–water partition coefficient (Wildman–Crippen LogP) is 3.56. The van der Waals surface area contributed by atoms with Crippen molar-refractivity contribution in [2.45, 2.75) is 44.2 Å². The van der Waals surface area contributed by atoms with E-state index in [1.807, 2.05) is 25.3 Å². The molecule has 1 fully saturated rings. The third-order valence-corrected chi connectivity index (χ3v) is 6.43. The van der Waals surface area contributed by atoms with Crippen molar-refractivity contribution in [2.24, 2.45) is 10.7 Å². The number of hydrogen-bond donors (Lipinski definition) is 2. The van der Waals surface area contributed by atoms with E-state index < -0.39 is 0 Å². The summed E-state index contributed by atoms with van der Waals surface area (Å²) in [6.07, 6.45) is 11.2. The van der Waals surface area contributed by atoms with E-state index >= 15 is 0 Å². The summed E-state index contributed by atoms with van der Waals surface area (Å²) in [5, 5.41) is 2.80. The summed E-state index contributed by atoms with van der Waals surface area (Å²) in [4.78, 5) is 21.0. The van der Waals surface area contributed by atoms with Crippen LogP contribution in [0.4, 0.5) is 0 Å². The van der Waals surface area contributed by atoms with Crippen LogP contribution in [-0.2, 0) is 11.3 Å². The number of nitrogens with zero attached hydrogens (tertiary/aromatic N) is 3. The van der Waals surface area contributed by atoms with Gasteiger partial charge in [0.15, 0.2) is 0 Å². The van der Waals surface area contributed by atoms with Crippen molar-refractivity contribution < 1.29 is 4.79 Å². The number of likely N-dealkylation sites (tertiary alicyclic amines) is 1. The van der Waals surface area contributed by atoms with Gasteiger partial charge >= 0.3 is 0 Å². The second-order valence-electron chi connectivity index (χ2n) is 8.77. The fourth-order valence-corrected chi connectivity index (χ4v) is 4.49. The smallest absolute Gasteiger partial charge is 0.237 e. The van der Waals surface area contributed by atoms with Crippen LogP contribution in [0.3, 0.4) is 0 Å². The van der Waals surface area contributed by atoms with E-state index in [1.54, 1.807) is 20.3 Å². The minimum atomic E-state index is -0.186. The van der Waals surface area contributed by atoms with Crippen molar-refractivity contribution in [3.63, 3.8) is 0 Å². The van der Waals surface area contributed by atoms with Gasteiger partial charge in [0.2, 0.25) is 5.91 Å². The predicted molar refractivity (Wildman–Crippen MR) is 140 cm³/mol. The largest absolute Gasteiger partial charge is 0.401 e. The maximum atomic E-state index is 12.5. The van der Waals surface area contributed by atoms with E-state index in [-0.39, 0.29) is 11.9 Å². The SMILES string of the molecule is C=CCCC(C(=O)NC)N(C)Cc1cc(C2CCN(CC(N)=CC=NC)CC2)ccc1C=C. The zero-order chi connectivity index (χ0) is 24.2. The average molecular weight is 452 g/mol. The summed E-state index contributed by atoms with van der Waals surface area (Å²) in [6.45, 7) is 11.3. The molecule has 1 aliphatic heterocycles. The lowest BCUT2D eigenvalue weighted by Gasteiger charge is -2.33. The molecule has 2 rings (SSSR count). The number of hydrogen-bond acceptors (Lipinski definition) is 5. The molecular formula is C27H41N5O. The number of carbonyl (C=O) groups excluding carboxylic acids is 1. The van der Waals surface area contributed by atoms with Crippen molar-refractivity contribution in [3.05, 3.63) is 65.9 Å². The molecule has 1 aromatic carbocycles. The standard InChI is InChI=1S/C27H41N5O/c1-6-8-9-26(27(33)30-4)31(5)19-24-18-23(11-10-21(24)7-2)22-13-16-32(17-14-22)20-25(28)12-15-29-3/h6-7,10-12,15,18,22,26H,1-2,8-9,13-14,16-17,19-20,28H2,3-5H3,(H,30,33). The lowest BCUT2D eigenvalue weighted by Crippen LogP contribution is -2.43. The monoisotopic (exact) mass is 451 g/mol. The van der Waals surface area contributed by atoms with Crippen LogP contribution in [0.2, 0.25) is 0 Å². The molecule has 6 heteroatoms. The van der Waals surface area contributed by atoms with Crippen LogP contribution in [0, 0.1) is 0 Å². The Bertz CT molecular complexity index is 852. The number of rotatable bonds is 12. The molecule has 1 amide bonds. The Hall–Kier alpha value is -2.70. The van der Waals surface area contributed by atoms with E-state index in [4.69, 9.17) is 5.73 Å². The van der Waals surface area contributed by atoms with Crippen LogP contribution in [0.15, 0.2) is 54.2 Å². The first-order valence-electron chi connectivity index (χ1n) is 11.8. The quantitative estimate of drug-likeness (QED) is 0.376. The fraction of sp³-hybridized carbons (Fsp3) is 0.481. The molecule has 1 heterocycles. The molecular weight excluding hydrogens is 410 g/mol. The Morgan fingerprint density at radius 2 is 2.09 bits per heavy atom. The zero-order valence-electron chi connectivity index (χ0n) is 20.6. The van der Waals surface area contributed by atoms with Crippen molar-refractivity contribution in [1.29, 1.82) is 0 Å². The Morgan fingerprint density at radius 3 is 2.70 bits per heavy atom. The summed E-state index contributed by atoms with van der Waals surface area (Å²) in [5.74, 6) is 0.573. The lowest BCUT2D eigenvalue weighted by molar-refractivity contribution is -0.125. The number of piperidine rings is 1. The third kappa shape index (κ3) is 7.98. The molecule has 0 bridgehead atoms. The van der Waals surface area contributed by atoms with Crippen LogP contribution < -0.4 is 11.1 Å². The van der Waals surface area contributed by atoms with Gasteiger partial charge in [-0.25, -0.2) is 0 Å². The van der Waals surface area contributed by atoms with Crippen LogP contribution >= 0.6 is 0 Å². The van der Waals surface area contributed by atoms with E-state index in [2.05, 4.69) is 51.5 Å². The molecule has 0 saturated carbocycles. The number of carbonyl (C=O) groups is 1. The maximum absolute atomic E-state index is 12.5. The molecule has 1 atom stereocenters. The number of nitrogens with two attached hydrogens (primary N) is 1. The van der Waals surface area contributed by atoms with Gasteiger partial charge in [0, 0.05) is 39.1 Å². The molecule has 3 N–H and O–H groups in total. The topological polar surface area (TPSA) is 74.0 Å². The molecule has 0 radical (unpaired) electrons. The highest BCUT2D eigenvalue weighted by atomic mass is 16.2. The molecule has 1 aliphatic rings. The summed E-state index contributed by atoms with van der Waals surface area (Å²) in [6, 6.07) is 6.53. The Kier molecular flexibility index (Phi) is 11.1. The highest BCUT2D eigenvalue weighted by molar-refractivity contribution is 5.81. The normalized spacial score (nSPS) is 16.8. The third-order valence-electron chi connectivity index (χ3n) is 6.43. The Morgan fingerprint density at radius 1 is 1.36 bits per heavy atom. The number of amides is 1. The molecule has 0 aliphatic carbocycles. The summed E-state index contributed by atoms with van der Waals surface area (Å²) >= 11 is 0. The second-order valence-corrected chi connectivity index (χ2v) is 8.77. The van der Waals surface area contributed by atoms with Gasteiger partial charge in [-0.15, -0.1) is 6.58 Å².